The summed E-state index contributed by atoms with van der Waals surface area (Å²) in [5, 5.41) is 9.95. The van der Waals surface area contributed by atoms with E-state index in [1.165, 1.54) is 0 Å². The van der Waals surface area contributed by atoms with E-state index in [1.807, 2.05) is 43.3 Å². The Morgan fingerprint density at radius 3 is 2.16 bits per heavy atom. The van der Waals surface area contributed by atoms with Gasteiger partial charge in [-0.3, -0.25) is 9.82 Å². The number of sulfonamides is 1. The maximum Gasteiger partial charge on any atom is 0.265 e. The van der Waals surface area contributed by atoms with E-state index in [9.17, 15) is 8.42 Å². The second-order valence-corrected chi connectivity index (χ2v) is 7.51. The molecule has 1 aromatic heterocycles. The van der Waals surface area contributed by atoms with Crippen LogP contribution in [0.5, 0.6) is 0 Å². The Balaban J connectivity index is 1.78. The predicted octanol–water partition coefficient (Wildman–Crippen LogP) is 3.88. The highest BCUT2D eigenvalue weighted by molar-refractivity contribution is 7.92. The molecule has 0 saturated heterocycles. The molecule has 0 aliphatic carbocycles. The molecule has 6 nitrogen and oxygen atoms in total. The second kappa shape index (κ2) is 6.60. The number of H-pyrrole nitrogens is 1. The van der Waals surface area contributed by atoms with Gasteiger partial charge >= 0.3 is 0 Å². The van der Waals surface area contributed by atoms with Gasteiger partial charge in [0.15, 0.2) is 0 Å². The molecular weight excluding hydrogens is 336 g/mol. The summed E-state index contributed by atoms with van der Waals surface area (Å²) in [5.41, 5.74) is 4.49. The molecule has 2 aromatic carbocycles. The molecule has 0 aliphatic rings. The summed E-state index contributed by atoms with van der Waals surface area (Å²) in [5.74, 6) is 0. The second-order valence-electron chi connectivity index (χ2n) is 5.89. The third-order valence-electron chi connectivity index (χ3n) is 3.89. The molecule has 0 bridgehead atoms. The zero-order valence-electron chi connectivity index (χ0n) is 14.3. The van der Waals surface area contributed by atoms with Crippen molar-refractivity contribution < 1.29 is 8.42 Å². The number of nitrogens with one attached hydrogen (secondary N) is 3. The first-order chi connectivity index (χ1) is 11.9. The van der Waals surface area contributed by atoms with Crippen LogP contribution in [-0.2, 0) is 10.0 Å². The number of rotatable bonds is 5. The number of para-hydroxylation sites is 1. The Kier molecular flexibility index (Phi) is 4.50. The van der Waals surface area contributed by atoms with Crippen LogP contribution in [0.15, 0.2) is 53.4 Å². The molecule has 3 N–H and O–H groups in total. The third-order valence-corrected chi connectivity index (χ3v) is 5.53. The highest BCUT2D eigenvalue weighted by Gasteiger charge is 2.22. The van der Waals surface area contributed by atoms with Gasteiger partial charge in [-0.15, -0.1) is 0 Å². The van der Waals surface area contributed by atoms with E-state index in [1.54, 1.807) is 26.0 Å². The van der Waals surface area contributed by atoms with Crippen LogP contribution in [0.3, 0.4) is 0 Å². The number of aryl methyl sites for hydroxylation is 3. The van der Waals surface area contributed by atoms with Gasteiger partial charge in [-0.05, 0) is 56.7 Å². The largest absolute Gasteiger partial charge is 0.355 e. The van der Waals surface area contributed by atoms with E-state index in [2.05, 4.69) is 20.2 Å². The SMILES string of the molecule is Cc1ccccc1Nc1ccc(NS(=O)(=O)c2c(C)n[nH]c2C)cc1. The molecule has 3 rings (SSSR count). The molecular formula is C18H20N4O2S. The van der Waals surface area contributed by atoms with Crippen molar-refractivity contribution in [3.63, 3.8) is 0 Å². The maximum absolute atomic E-state index is 12.5. The molecule has 25 heavy (non-hydrogen) atoms. The third kappa shape index (κ3) is 3.66. The van der Waals surface area contributed by atoms with Crippen molar-refractivity contribution in [3.8, 4) is 0 Å². The van der Waals surface area contributed by atoms with Crippen molar-refractivity contribution in [1.82, 2.24) is 10.2 Å². The van der Waals surface area contributed by atoms with Crippen LogP contribution in [0.1, 0.15) is 17.0 Å². The predicted molar refractivity (Wildman–Crippen MR) is 99.8 cm³/mol. The number of benzene rings is 2. The summed E-state index contributed by atoms with van der Waals surface area (Å²) < 4.78 is 27.7. The first-order valence-electron chi connectivity index (χ1n) is 7.84. The van der Waals surface area contributed by atoms with Gasteiger partial charge in [-0.1, -0.05) is 18.2 Å². The fraction of sp³-hybridized carbons (Fsp3) is 0.167. The van der Waals surface area contributed by atoms with Crippen LogP contribution in [0.2, 0.25) is 0 Å². The minimum Gasteiger partial charge on any atom is -0.355 e. The summed E-state index contributed by atoms with van der Waals surface area (Å²) in [6.45, 7) is 5.37. The summed E-state index contributed by atoms with van der Waals surface area (Å²) in [4.78, 5) is 0.189. The standard InChI is InChI=1S/C18H20N4O2S/c1-12-6-4-5-7-17(12)19-15-8-10-16(11-9-15)22-25(23,24)18-13(2)20-21-14(18)3/h4-11,19,22H,1-3H3,(H,20,21). The van der Waals surface area contributed by atoms with Crippen LogP contribution in [0.25, 0.3) is 0 Å². The van der Waals surface area contributed by atoms with E-state index in [4.69, 9.17) is 0 Å². The summed E-state index contributed by atoms with van der Waals surface area (Å²) in [7, 11) is -3.67. The highest BCUT2D eigenvalue weighted by atomic mass is 32.2. The zero-order valence-corrected chi connectivity index (χ0v) is 15.1. The Bertz CT molecular complexity index is 973. The summed E-state index contributed by atoms with van der Waals surface area (Å²) in [6.07, 6.45) is 0. The lowest BCUT2D eigenvalue weighted by Gasteiger charge is -2.11. The molecule has 0 fully saturated rings. The topological polar surface area (TPSA) is 86.9 Å². The van der Waals surface area contributed by atoms with Crippen LogP contribution >= 0.6 is 0 Å². The smallest absolute Gasteiger partial charge is 0.265 e. The minimum atomic E-state index is -3.67. The van der Waals surface area contributed by atoms with E-state index in [0.29, 0.717) is 17.1 Å². The molecule has 7 heteroatoms. The molecule has 3 aromatic rings. The van der Waals surface area contributed by atoms with Gasteiger partial charge in [0.2, 0.25) is 0 Å². The molecule has 0 saturated carbocycles. The lowest BCUT2D eigenvalue weighted by molar-refractivity contribution is 0.600. The molecule has 0 aliphatic heterocycles. The van der Waals surface area contributed by atoms with Gasteiger partial charge in [-0.2, -0.15) is 5.10 Å². The number of anilines is 3. The van der Waals surface area contributed by atoms with Crippen molar-refractivity contribution in [3.05, 3.63) is 65.5 Å². The number of aromatic nitrogens is 2. The first-order valence-corrected chi connectivity index (χ1v) is 9.32. The van der Waals surface area contributed by atoms with Gasteiger partial charge in [0.25, 0.3) is 10.0 Å². The summed E-state index contributed by atoms with van der Waals surface area (Å²) >= 11 is 0. The zero-order chi connectivity index (χ0) is 18.0. The highest BCUT2D eigenvalue weighted by Crippen LogP contribution is 2.24. The normalized spacial score (nSPS) is 11.3. The Hall–Kier alpha value is -2.80. The number of hydrogen-bond acceptors (Lipinski definition) is 4. The molecule has 130 valence electrons. The van der Waals surface area contributed by atoms with Crippen molar-refractivity contribution >= 4 is 27.1 Å². The van der Waals surface area contributed by atoms with Crippen molar-refractivity contribution in [1.29, 1.82) is 0 Å². The number of nitrogens with zero attached hydrogens (tertiary/aromatic N) is 1. The van der Waals surface area contributed by atoms with Crippen LogP contribution in [-0.4, -0.2) is 18.6 Å². The average molecular weight is 356 g/mol. The molecule has 0 amide bonds. The van der Waals surface area contributed by atoms with Gasteiger partial charge in [-0.25, -0.2) is 8.42 Å². The average Bonchev–Trinajstić information content (AvgIpc) is 2.91. The molecule has 1 heterocycles. The molecule has 0 radical (unpaired) electrons. The van der Waals surface area contributed by atoms with Gasteiger partial charge in [0, 0.05) is 17.1 Å². The van der Waals surface area contributed by atoms with Gasteiger partial charge in [0.1, 0.15) is 4.90 Å². The quantitative estimate of drug-likeness (QED) is 0.647. The minimum absolute atomic E-state index is 0.189. The number of aromatic amines is 1. The molecule has 0 unspecified atom stereocenters. The molecule has 0 atom stereocenters. The van der Waals surface area contributed by atoms with Crippen molar-refractivity contribution in [2.24, 2.45) is 0 Å². The van der Waals surface area contributed by atoms with E-state index >= 15 is 0 Å². The van der Waals surface area contributed by atoms with Crippen LogP contribution < -0.4 is 10.0 Å². The van der Waals surface area contributed by atoms with E-state index in [0.717, 1.165) is 16.9 Å². The molecule has 0 spiro atoms. The first kappa shape index (κ1) is 17.0. The lowest BCUT2D eigenvalue weighted by atomic mass is 10.2. The fourth-order valence-corrected chi connectivity index (χ4v) is 4.06. The van der Waals surface area contributed by atoms with Crippen LogP contribution in [0.4, 0.5) is 17.1 Å². The monoisotopic (exact) mass is 356 g/mol. The van der Waals surface area contributed by atoms with Crippen molar-refractivity contribution in [2.75, 3.05) is 10.0 Å². The summed E-state index contributed by atoms with van der Waals surface area (Å²) in [6, 6.07) is 15.1. The Morgan fingerprint density at radius 1 is 0.920 bits per heavy atom. The van der Waals surface area contributed by atoms with Gasteiger partial charge < -0.3 is 5.32 Å². The fourth-order valence-electron chi connectivity index (χ4n) is 2.63. The van der Waals surface area contributed by atoms with E-state index in [-0.39, 0.29) is 4.90 Å². The van der Waals surface area contributed by atoms with Gasteiger partial charge in [0.05, 0.1) is 11.4 Å². The van der Waals surface area contributed by atoms with Crippen LogP contribution in [0, 0.1) is 20.8 Å². The lowest BCUT2D eigenvalue weighted by Crippen LogP contribution is -2.14. The van der Waals surface area contributed by atoms with Crippen molar-refractivity contribution in [2.45, 2.75) is 25.7 Å². The number of hydrogen-bond donors (Lipinski definition) is 3. The maximum atomic E-state index is 12.5. The Labute approximate surface area is 147 Å². The van der Waals surface area contributed by atoms with E-state index < -0.39 is 10.0 Å². The Morgan fingerprint density at radius 2 is 1.56 bits per heavy atom.